The summed E-state index contributed by atoms with van der Waals surface area (Å²) in [6.45, 7) is 3.27. The predicted molar refractivity (Wildman–Crippen MR) is 78.4 cm³/mol. The zero-order valence-electron chi connectivity index (χ0n) is 11.8. The van der Waals surface area contributed by atoms with Gasteiger partial charge in [-0.25, -0.2) is 4.39 Å². The quantitative estimate of drug-likeness (QED) is 0.852. The lowest BCUT2D eigenvalue weighted by Crippen LogP contribution is -2.15. The first-order valence-electron chi connectivity index (χ1n) is 6.52. The Morgan fingerprint density at radius 3 is 2.86 bits per heavy atom. The van der Waals surface area contributed by atoms with E-state index in [-0.39, 0.29) is 17.7 Å². The number of halogens is 1. The molecule has 2 atom stereocenters. The summed E-state index contributed by atoms with van der Waals surface area (Å²) in [5, 5.41) is 21.8. The molecule has 1 heterocycles. The van der Waals surface area contributed by atoms with E-state index in [0.717, 1.165) is 0 Å². The number of benzene rings is 1. The summed E-state index contributed by atoms with van der Waals surface area (Å²) in [4.78, 5) is 4.25. The van der Waals surface area contributed by atoms with Crippen molar-refractivity contribution in [3.63, 3.8) is 0 Å². The van der Waals surface area contributed by atoms with Gasteiger partial charge in [0.15, 0.2) is 0 Å². The molecule has 0 fully saturated rings. The van der Waals surface area contributed by atoms with Crippen molar-refractivity contribution in [3.05, 3.63) is 35.5 Å². The number of aliphatic hydroxyl groups is 2. The molecule has 2 aromatic rings. The Labute approximate surface area is 126 Å². The topological polar surface area (TPSA) is 79.4 Å². The Kier molecular flexibility index (Phi) is 5.33. The van der Waals surface area contributed by atoms with E-state index in [0.29, 0.717) is 28.6 Å². The smallest absolute Gasteiger partial charge is 0.239 e. The zero-order chi connectivity index (χ0) is 15.4. The first-order valence-corrected chi connectivity index (χ1v) is 7.56. The van der Waals surface area contributed by atoms with Crippen molar-refractivity contribution < 1.29 is 19.1 Å². The summed E-state index contributed by atoms with van der Waals surface area (Å²) in [5.41, 5.74) is 1.12. The Morgan fingerprint density at radius 1 is 1.43 bits per heavy atom. The first-order chi connectivity index (χ1) is 10.0. The van der Waals surface area contributed by atoms with Crippen molar-refractivity contribution in [2.45, 2.75) is 25.2 Å². The highest BCUT2D eigenvalue weighted by Gasteiger charge is 2.17. The van der Waals surface area contributed by atoms with E-state index in [1.54, 1.807) is 19.1 Å². The highest BCUT2D eigenvalue weighted by atomic mass is 32.2. The summed E-state index contributed by atoms with van der Waals surface area (Å²) in [5.74, 6) is 0.793. The summed E-state index contributed by atoms with van der Waals surface area (Å²) in [6.07, 6.45) is -0.772. The fraction of sp³-hybridized carbons (Fsp3) is 0.429. The Hall–Kier alpha value is -1.44. The molecular formula is C14H17FN2O3S. The van der Waals surface area contributed by atoms with Gasteiger partial charge in [0, 0.05) is 11.3 Å². The molecule has 0 aliphatic rings. The highest BCUT2D eigenvalue weighted by Crippen LogP contribution is 2.29. The minimum Gasteiger partial charge on any atom is -0.394 e. The Balaban J connectivity index is 2.08. The fourth-order valence-corrected chi connectivity index (χ4v) is 2.48. The molecule has 0 radical (unpaired) electrons. The normalized spacial score (nSPS) is 14.1. The lowest BCUT2D eigenvalue weighted by Gasteiger charge is -2.09. The van der Waals surface area contributed by atoms with Crippen LogP contribution in [0.15, 0.2) is 22.7 Å². The van der Waals surface area contributed by atoms with Gasteiger partial charge in [-0.2, -0.15) is 4.98 Å². The second-order valence-corrected chi connectivity index (χ2v) is 6.11. The lowest BCUT2D eigenvalue weighted by atomic mass is 10.1. The molecule has 0 spiro atoms. The second-order valence-electron chi connectivity index (χ2n) is 4.73. The molecule has 0 unspecified atom stereocenters. The standard InChI is InChI=1S/C14H17FN2O3S/c1-8-3-4-10(5-12(8)15)13-16-14(20-17-13)9(2)21-7-11(19)6-18/h3-5,9,11,18-19H,6-7H2,1-2H3/t9-,11-/m0/s1. The van der Waals surface area contributed by atoms with Crippen molar-refractivity contribution in [2.24, 2.45) is 0 Å². The van der Waals surface area contributed by atoms with Crippen LogP contribution in [0.3, 0.4) is 0 Å². The van der Waals surface area contributed by atoms with Crippen molar-refractivity contribution in [2.75, 3.05) is 12.4 Å². The number of aromatic nitrogens is 2. The molecule has 114 valence electrons. The zero-order valence-corrected chi connectivity index (χ0v) is 12.6. The van der Waals surface area contributed by atoms with Crippen LogP contribution >= 0.6 is 11.8 Å². The monoisotopic (exact) mass is 312 g/mol. The van der Waals surface area contributed by atoms with Crippen molar-refractivity contribution >= 4 is 11.8 Å². The van der Waals surface area contributed by atoms with Gasteiger partial charge in [0.05, 0.1) is 18.0 Å². The number of thioether (sulfide) groups is 1. The maximum absolute atomic E-state index is 13.5. The third kappa shape index (κ3) is 4.03. The summed E-state index contributed by atoms with van der Waals surface area (Å²) < 4.78 is 18.7. The van der Waals surface area contributed by atoms with E-state index in [2.05, 4.69) is 10.1 Å². The van der Waals surface area contributed by atoms with E-state index in [9.17, 15) is 9.50 Å². The van der Waals surface area contributed by atoms with Crippen LogP contribution in [0.25, 0.3) is 11.4 Å². The Bertz CT molecular complexity index is 606. The maximum atomic E-state index is 13.5. The van der Waals surface area contributed by atoms with Crippen LogP contribution in [0.4, 0.5) is 4.39 Å². The van der Waals surface area contributed by atoms with Gasteiger partial charge in [-0.1, -0.05) is 17.3 Å². The molecule has 1 aromatic carbocycles. The van der Waals surface area contributed by atoms with Crippen LogP contribution in [0.5, 0.6) is 0 Å². The van der Waals surface area contributed by atoms with Gasteiger partial charge < -0.3 is 14.7 Å². The van der Waals surface area contributed by atoms with Crippen LogP contribution in [0, 0.1) is 12.7 Å². The van der Waals surface area contributed by atoms with Crippen molar-refractivity contribution in [1.82, 2.24) is 10.1 Å². The predicted octanol–water partition coefficient (Wildman–Crippen LogP) is 2.33. The van der Waals surface area contributed by atoms with Gasteiger partial charge in [-0.3, -0.25) is 0 Å². The van der Waals surface area contributed by atoms with Gasteiger partial charge >= 0.3 is 0 Å². The maximum Gasteiger partial charge on any atom is 0.239 e. The summed E-state index contributed by atoms with van der Waals surface area (Å²) in [7, 11) is 0. The molecule has 0 saturated heterocycles. The number of hydrogen-bond acceptors (Lipinski definition) is 6. The van der Waals surface area contributed by atoms with Gasteiger partial charge in [0.25, 0.3) is 0 Å². The second kappa shape index (κ2) is 7.02. The molecule has 0 aliphatic heterocycles. The van der Waals surface area contributed by atoms with Gasteiger partial charge in [0.1, 0.15) is 5.82 Å². The van der Waals surface area contributed by atoms with Gasteiger partial charge in [-0.05, 0) is 25.5 Å². The molecule has 21 heavy (non-hydrogen) atoms. The SMILES string of the molecule is Cc1ccc(-c2noc([C@H](C)SC[C@@H](O)CO)n2)cc1F. The number of hydrogen-bond donors (Lipinski definition) is 2. The van der Waals surface area contributed by atoms with E-state index in [1.165, 1.54) is 17.8 Å². The average Bonchev–Trinajstić information content (AvgIpc) is 2.97. The molecule has 0 bridgehead atoms. The molecular weight excluding hydrogens is 295 g/mol. The molecule has 0 saturated carbocycles. The largest absolute Gasteiger partial charge is 0.394 e. The minimum atomic E-state index is -0.772. The van der Waals surface area contributed by atoms with Crippen molar-refractivity contribution in [1.29, 1.82) is 0 Å². The van der Waals surface area contributed by atoms with E-state index >= 15 is 0 Å². The summed E-state index contributed by atoms with van der Waals surface area (Å²) >= 11 is 1.40. The number of rotatable bonds is 6. The molecule has 2 N–H and O–H groups in total. The Morgan fingerprint density at radius 2 is 2.19 bits per heavy atom. The minimum absolute atomic E-state index is 0.122. The first kappa shape index (κ1) is 15.9. The van der Waals surface area contributed by atoms with Crippen LogP contribution < -0.4 is 0 Å². The van der Waals surface area contributed by atoms with Crippen LogP contribution in [-0.2, 0) is 0 Å². The van der Waals surface area contributed by atoms with Crippen LogP contribution in [0.1, 0.15) is 23.6 Å². The molecule has 0 amide bonds. The van der Waals surface area contributed by atoms with E-state index in [1.807, 2.05) is 6.92 Å². The number of aliphatic hydroxyl groups excluding tert-OH is 2. The molecule has 1 aromatic heterocycles. The fourth-order valence-electron chi connectivity index (χ4n) is 1.63. The highest BCUT2D eigenvalue weighted by molar-refractivity contribution is 7.99. The molecule has 5 nitrogen and oxygen atoms in total. The van der Waals surface area contributed by atoms with Crippen LogP contribution in [0.2, 0.25) is 0 Å². The van der Waals surface area contributed by atoms with Crippen molar-refractivity contribution in [3.8, 4) is 11.4 Å². The average molecular weight is 312 g/mol. The van der Waals surface area contributed by atoms with E-state index in [4.69, 9.17) is 9.63 Å². The third-order valence-electron chi connectivity index (χ3n) is 2.97. The third-order valence-corrected chi connectivity index (χ3v) is 4.25. The number of nitrogens with zero attached hydrogens (tertiary/aromatic N) is 2. The molecule has 2 rings (SSSR count). The lowest BCUT2D eigenvalue weighted by molar-refractivity contribution is 0.113. The van der Waals surface area contributed by atoms with Gasteiger partial charge in [0.2, 0.25) is 11.7 Å². The molecule has 7 heteroatoms. The number of aryl methyl sites for hydroxylation is 1. The van der Waals surface area contributed by atoms with Gasteiger partial charge in [-0.15, -0.1) is 11.8 Å². The summed E-state index contributed by atoms with van der Waals surface area (Å²) in [6, 6.07) is 4.77. The van der Waals surface area contributed by atoms with E-state index < -0.39 is 6.10 Å². The molecule has 0 aliphatic carbocycles. The van der Waals surface area contributed by atoms with Crippen LogP contribution in [-0.4, -0.2) is 38.8 Å².